The lowest BCUT2D eigenvalue weighted by Gasteiger charge is -2.06. The van der Waals surface area contributed by atoms with Crippen LogP contribution >= 0.6 is 15.9 Å². The number of nitrogen functional groups attached to an aromatic ring is 1. The summed E-state index contributed by atoms with van der Waals surface area (Å²) in [6.45, 7) is 1.64. The highest BCUT2D eigenvalue weighted by molar-refractivity contribution is 9.10. The van der Waals surface area contributed by atoms with Crippen molar-refractivity contribution in [2.45, 2.75) is 13.3 Å². The fourth-order valence-corrected chi connectivity index (χ4v) is 2.84. The van der Waals surface area contributed by atoms with E-state index in [0.29, 0.717) is 22.1 Å². The number of rotatable bonds is 6. The SMILES string of the molecule is CCCS(=O)(=O)CCOC(=O)c1ccc(Br)c(N)c1. The Hall–Kier alpha value is -1.08. The second-order valence-electron chi connectivity index (χ2n) is 4.02. The molecule has 0 heterocycles. The number of esters is 1. The molecule has 0 saturated heterocycles. The van der Waals surface area contributed by atoms with E-state index in [1.54, 1.807) is 19.1 Å². The first kappa shape index (κ1) is 16.0. The first-order valence-electron chi connectivity index (χ1n) is 5.78. The summed E-state index contributed by atoms with van der Waals surface area (Å²) in [5.74, 6) is -0.625. The molecule has 1 aromatic rings. The molecule has 5 nitrogen and oxygen atoms in total. The Labute approximate surface area is 121 Å². The molecule has 0 fully saturated rings. The van der Waals surface area contributed by atoms with Gasteiger partial charge in [-0.3, -0.25) is 0 Å². The Bertz CT molecular complexity index is 557. The number of sulfone groups is 1. The van der Waals surface area contributed by atoms with Crippen LogP contribution in [-0.4, -0.2) is 32.5 Å². The Morgan fingerprint density at radius 3 is 2.63 bits per heavy atom. The van der Waals surface area contributed by atoms with Gasteiger partial charge in [0.15, 0.2) is 9.84 Å². The van der Waals surface area contributed by atoms with Gasteiger partial charge in [-0.25, -0.2) is 13.2 Å². The zero-order valence-corrected chi connectivity index (χ0v) is 13.0. The van der Waals surface area contributed by atoms with E-state index in [4.69, 9.17) is 10.5 Å². The molecule has 0 spiro atoms. The molecule has 0 amide bonds. The lowest BCUT2D eigenvalue weighted by atomic mass is 10.2. The molecule has 0 aliphatic rings. The average Bonchev–Trinajstić information content (AvgIpc) is 2.32. The average molecular weight is 350 g/mol. The van der Waals surface area contributed by atoms with Crippen molar-refractivity contribution in [1.82, 2.24) is 0 Å². The normalized spacial score (nSPS) is 11.3. The van der Waals surface area contributed by atoms with E-state index in [-0.39, 0.29) is 18.1 Å². The molecule has 0 atom stereocenters. The van der Waals surface area contributed by atoms with Crippen LogP contribution < -0.4 is 5.73 Å². The van der Waals surface area contributed by atoms with Crippen LogP contribution in [0.2, 0.25) is 0 Å². The largest absolute Gasteiger partial charge is 0.461 e. The van der Waals surface area contributed by atoms with Crippen LogP contribution in [0.4, 0.5) is 5.69 Å². The smallest absolute Gasteiger partial charge is 0.338 e. The minimum atomic E-state index is -3.13. The van der Waals surface area contributed by atoms with Crippen molar-refractivity contribution in [3.8, 4) is 0 Å². The van der Waals surface area contributed by atoms with Crippen molar-refractivity contribution in [3.63, 3.8) is 0 Å². The first-order chi connectivity index (χ1) is 8.85. The second-order valence-corrected chi connectivity index (χ2v) is 7.18. The molecular weight excluding hydrogens is 334 g/mol. The molecule has 1 aromatic carbocycles. The monoisotopic (exact) mass is 349 g/mol. The van der Waals surface area contributed by atoms with E-state index in [1.165, 1.54) is 6.07 Å². The fourth-order valence-electron chi connectivity index (χ4n) is 1.43. The summed E-state index contributed by atoms with van der Waals surface area (Å²) in [5, 5.41) is 0. The maximum Gasteiger partial charge on any atom is 0.338 e. The number of hydrogen-bond acceptors (Lipinski definition) is 5. The van der Waals surface area contributed by atoms with Crippen LogP contribution in [0.5, 0.6) is 0 Å². The summed E-state index contributed by atoms with van der Waals surface area (Å²) in [5.41, 5.74) is 6.37. The van der Waals surface area contributed by atoms with Crippen molar-refractivity contribution in [1.29, 1.82) is 0 Å². The third-order valence-electron chi connectivity index (χ3n) is 2.37. The number of anilines is 1. The molecule has 0 aliphatic carbocycles. The number of hydrogen-bond donors (Lipinski definition) is 1. The molecule has 19 heavy (non-hydrogen) atoms. The molecule has 0 aromatic heterocycles. The zero-order chi connectivity index (χ0) is 14.5. The van der Waals surface area contributed by atoms with Gasteiger partial charge >= 0.3 is 5.97 Å². The molecule has 1 rings (SSSR count). The van der Waals surface area contributed by atoms with Crippen molar-refractivity contribution < 1.29 is 17.9 Å². The molecule has 7 heteroatoms. The van der Waals surface area contributed by atoms with E-state index >= 15 is 0 Å². The maximum absolute atomic E-state index is 11.7. The molecule has 0 unspecified atom stereocenters. The Balaban J connectivity index is 2.54. The Morgan fingerprint density at radius 1 is 1.37 bits per heavy atom. The minimum absolute atomic E-state index is 0.107. The lowest BCUT2D eigenvalue weighted by molar-refractivity contribution is 0.0529. The zero-order valence-electron chi connectivity index (χ0n) is 10.6. The molecular formula is C12H16BrNO4S. The summed E-state index contributed by atoms with van der Waals surface area (Å²) in [4.78, 5) is 11.7. The van der Waals surface area contributed by atoms with Gasteiger partial charge in [0, 0.05) is 10.2 Å². The van der Waals surface area contributed by atoms with Gasteiger partial charge in [-0.2, -0.15) is 0 Å². The standard InChI is InChI=1S/C12H16BrNO4S/c1-2-6-19(16,17)7-5-18-12(15)9-3-4-10(13)11(14)8-9/h3-4,8H,2,5-7,14H2,1H3. The van der Waals surface area contributed by atoms with Crippen LogP contribution in [-0.2, 0) is 14.6 Å². The summed E-state index contributed by atoms with van der Waals surface area (Å²) >= 11 is 3.22. The van der Waals surface area contributed by atoms with Crippen molar-refractivity contribution in [3.05, 3.63) is 28.2 Å². The van der Waals surface area contributed by atoms with Crippen molar-refractivity contribution in [2.75, 3.05) is 23.8 Å². The van der Waals surface area contributed by atoms with Crippen LogP contribution in [0.1, 0.15) is 23.7 Å². The van der Waals surface area contributed by atoms with Gasteiger partial charge < -0.3 is 10.5 Å². The Morgan fingerprint density at radius 2 is 2.05 bits per heavy atom. The van der Waals surface area contributed by atoms with Gasteiger partial charge in [0.25, 0.3) is 0 Å². The second kappa shape index (κ2) is 6.91. The predicted molar refractivity (Wildman–Crippen MR) is 77.8 cm³/mol. The highest BCUT2D eigenvalue weighted by Gasteiger charge is 2.13. The number of carbonyl (C=O) groups is 1. The van der Waals surface area contributed by atoms with E-state index in [2.05, 4.69) is 15.9 Å². The summed E-state index contributed by atoms with van der Waals surface area (Å²) in [6.07, 6.45) is 0.555. The first-order valence-corrected chi connectivity index (χ1v) is 8.39. The van der Waals surface area contributed by atoms with E-state index in [9.17, 15) is 13.2 Å². The van der Waals surface area contributed by atoms with Crippen LogP contribution in [0.25, 0.3) is 0 Å². The number of carbonyl (C=O) groups excluding carboxylic acids is 1. The van der Waals surface area contributed by atoms with Crippen LogP contribution in [0.3, 0.4) is 0 Å². The highest BCUT2D eigenvalue weighted by Crippen LogP contribution is 2.20. The van der Waals surface area contributed by atoms with Crippen molar-refractivity contribution >= 4 is 37.4 Å². The number of ether oxygens (including phenoxy) is 1. The van der Waals surface area contributed by atoms with E-state index < -0.39 is 15.8 Å². The van der Waals surface area contributed by atoms with Gasteiger partial charge in [-0.05, 0) is 40.5 Å². The molecule has 106 valence electrons. The number of nitrogens with two attached hydrogens (primary N) is 1. The summed E-state index contributed by atoms with van der Waals surface area (Å²) < 4.78 is 28.5. The maximum atomic E-state index is 11.7. The quantitative estimate of drug-likeness (QED) is 0.627. The fraction of sp³-hybridized carbons (Fsp3) is 0.417. The third kappa shape index (κ3) is 5.20. The molecule has 0 aliphatic heterocycles. The number of halogens is 1. The highest BCUT2D eigenvalue weighted by atomic mass is 79.9. The number of benzene rings is 1. The van der Waals surface area contributed by atoms with Crippen molar-refractivity contribution in [2.24, 2.45) is 0 Å². The van der Waals surface area contributed by atoms with Gasteiger partial charge in [-0.15, -0.1) is 0 Å². The van der Waals surface area contributed by atoms with E-state index in [1.807, 2.05) is 0 Å². The van der Waals surface area contributed by atoms with Gasteiger partial charge in [0.2, 0.25) is 0 Å². The topological polar surface area (TPSA) is 86.5 Å². The lowest BCUT2D eigenvalue weighted by Crippen LogP contribution is -2.17. The van der Waals surface area contributed by atoms with Gasteiger partial charge in [0.1, 0.15) is 6.61 Å². The predicted octanol–water partition coefficient (Wildman–Crippen LogP) is 2.01. The summed E-state index contributed by atoms with van der Waals surface area (Å²) in [7, 11) is -3.13. The third-order valence-corrected chi connectivity index (χ3v) is 4.92. The molecule has 0 bridgehead atoms. The van der Waals surface area contributed by atoms with E-state index in [0.717, 1.165) is 0 Å². The summed E-state index contributed by atoms with van der Waals surface area (Å²) in [6, 6.07) is 4.68. The molecule has 0 radical (unpaired) electrons. The van der Waals surface area contributed by atoms with Gasteiger partial charge in [0.05, 0.1) is 17.1 Å². The Kier molecular flexibility index (Phi) is 5.81. The van der Waals surface area contributed by atoms with Gasteiger partial charge in [-0.1, -0.05) is 6.92 Å². The molecule has 0 saturated carbocycles. The van der Waals surface area contributed by atoms with Crippen LogP contribution in [0.15, 0.2) is 22.7 Å². The van der Waals surface area contributed by atoms with Crippen LogP contribution in [0, 0.1) is 0 Å². The minimum Gasteiger partial charge on any atom is -0.461 e. The molecule has 2 N–H and O–H groups in total.